The number of benzene rings is 1. The summed E-state index contributed by atoms with van der Waals surface area (Å²) in [4.78, 5) is 11.0. The molecule has 0 fully saturated rings. The van der Waals surface area contributed by atoms with Crippen molar-refractivity contribution in [1.29, 1.82) is 0 Å². The number of fused-ring (bicyclic) bond motifs is 1. The molecule has 0 amide bonds. The first kappa shape index (κ1) is 11.5. The van der Waals surface area contributed by atoms with E-state index in [0.29, 0.717) is 0 Å². The summed E-state index contributed by atoms with van der Waals surface area (Å²) < 4.78 is 41.7. The molecule has 1 aromatic carbocycles. The van der Waals surface area contributed by atoms with E-state index in [-0.39, 0.29) is 11.3 Å². The first-order valence-corrected chi connectivity index (χ1v) is 4.67. The van der Waals surface area contributed by atoms with E-state index >= 15 is 0 Å². The standard InChI is InChI=1S/C11H7F3O3/c12-11(13,14)10(16)7-5-17-8-4-2-1-3-6(8)9(7)15/h1-4,15H,5H2. The lowest BCUT2D eigenvalue weighted by molar-refractivity contribution is -0.167. The van der Waals surface area contributed by atoms with E-state index in [1.807, 2.05) is 0 Å². The number of Topliss-reactive ketones (excluding diaryl/α,β-unsaturated/α-hetero) is 1. The quantitative estimate of drug-likeness (QED) is 0.825. The van der Waals surface area contributed by atoms with Crippen molar-refractivity contribution < 1.29 is 27.8 Å². The van der Waals surface area contributed by atoms with Gasteiger partial charge in [-0.1, -0.05) is 12.1 Å². The molecule has 0 saturated heterocycles. The second kappa shape index (κ2) is 3.80. The second-order valence-corrected chi connectivity index (χ2v) is 3.44. The third-order valence-electron chi connectivity index (χ3n) is 2.33. The molecule has 0 spiro atoms. The zero-order chi connectivity index (χ0) is 12.6. The van der Waals surface area contributed by atoms with Gasteiger partial charge in [0, 0.05) is 0 Å². The molecule has 3 nitrogen and oxygen atoms in total. The Labute approximate surface area is 94.1 Å². The number of rotatable bonds is 1. The van der Waals surface area contributed by atoms with Gasteiger partial charge in [0.25, 0.3) is 5.78 Å². The Balaban J connectivity index is 2.48. The number of para-hydroxylation sites is 1. The van der Waals surface area contributed by atoms with E-state index < -0.39 is 29.9 Å². The van der Waals surface area contributed by atoms with Crippen LogP contribution in [0.4, 0.5) is 13.2 Å². The SMILES string of the molecule is O=C(C1=C(O)c2ccccc2OC1)C(F)(F)F. The van der Waals surface area contributed by atoms with Crippen LogP contribution in [0.3, 0.4) is 0 Å². The average molecular weight is 244 g/mol. The molecule has 1 N–H and O–H groups in total. The highest BCUT2D eigenvalue weighted by Gasteiger charge is 2.43. The second-order valence-electron chi connectivity index (χ2n) is 3.44. The van der Waals surface area contributed by atoms with E-state index in [0.717, 1.165) is 0 Å². The summed E-state index contributed by atoms with van der Waals surface area (Å²) in [6.45, 7) is -0.582. The Morgan fingerprint density at radius 1 is 1.29 bits per heavy atom. The topological polar surface area (TPSA) is 46.5 Å². The van der Waals surface area contributed by atoms with Gasteiger partial charge in [-0.2, -0.15) is 13.2 Å². The minimum absolute atomic E-state index is 0.0892. The van der Waals surface area contributed by atoms with Gasteiger partial charge >= 0.3 is 6.18 Å². The van der Waals surface area contributed by atoms with E-state index in [2.05, 4.69) is 0 Å². The van der Waals surface area contributed by atoms with Crippen molar-refractivity contribution in [3.63, 3.8) is 0 Å². The Morgan fingerprint density at radius 2 is 1.94 bits per heavy atom. The lowest BCUT2D eigenvalue weighted by Crippen LogP contribution is -2.29. The molecular formula is C11H7F3O3. The molecule has 1 aliphatic rings. The van der Waals surface area contributed by atoms with Crippen LogP contribution in [-0.4, -0.2) is 23.7 Å². The molecule has 0 aliphatic carbocycles. The van der Waals surface area contributed by atoms with Gasteiger partial charge in [-0.25, -0.2) is 0 Å². The molecule has 0 saturated carbocycles. The summed E-state index contributed by atoms with van der Waals surface area (Å²) in [6, 6.07) is 6.02. The van der Waals surface area contributed by atoms with Crippen LogP contribution in [0.5, 0.6) is 5.75 Å². The molecule has 1 heterocycles. The lowest BCUT2D eigenvalue weighted by atomic mass is 10.0. The van der Waals surface area contributed by atoms with Crippen molar-refractivity contribution in [2.24, 2.45) is 0 Å². The summed E-state index contributed by atoms with van der Waals surface area (Å²) >= 11 is 0. The van der Waals surface area contributed by atoms with Crippen molar-refractivity contribution in [2.45, 2.75) is 6.18 Å². The summed E-state index contributed by atoms with van der Waals surface area (Å²) in [7, 11) is 0. The number of halogens is 3. The van der Waals surface area contributed by atoms with E-state index in [9.17, 15) is 23.1 Å². The normalized spacial score (nSPS) is 15.2. The maximum absolute atomic E-state index is 12.2. The first-order chi connectivity index (χ1) is 7.91. The molecule has 1 aromatic rings. The maximum Gasteiger partial charge on any atom is 0.454 e. The van der Waals surface area contributed by atoms with Gasteiger partial charge in [-0.3, -0.25) is 4.79 Å². The molecule has 6 heteroatoms. The Hall–Kier alpha value is -1.98. The van der Waals surface area contributed by atoms with Gasteiger partial charge in [0.05, 0.1) is 11.1 Å². The number of hydrogen-bond donors (Lipinski definition) is 1. The molecule has 0 aromatic heterocycles. The van der Waals surface area contributed by atoms with Crippen LogP contribution in [-0.2, 0) is 4.79 Å². The lowest BCUT2D eigenvalue weighted by Gasteiger charge is -2.20. The maximum atomic E-state index is 12.2. The number of aliphatic hydroxyl groups is 1. The van der Waals surface area contributed by atoms with Crippen molar-refractivity contribution in [2.75, 3.05) is 6.61 Å². The fourth-order valence-electron chi connectivity index (χ4n) is 1.51. The fourth-order valence-corrected chi connectivity index (χ4v) is 1.51. The molecule has 2 rings (SSSR count). The molecule has 0 bridgehead atoms. The van der Waals surface area contributed by atoms with Crippen molar-refractivity contribution in [1.82, 2.24) is 0 Å². The number of carbonyl (C=O) groups excluding carboxylic acids is 1. The van der Waals surface area contributed by atoms with Crippen LogP contribution < -0.4 is 4.74 Å². The fraction of sp³-hybridized carbons (Fsp3) is 0.182. The minimum atomic E-state index is -5.01. The van der Waals surface area contributed by atoms with Crippen molar-refractivity contribution >= 4 is 11.5 Å². The molecule has 0 unspecified atom stereocenters. The summed E-state index contributed by atoms with van der Waals surface area (Å²) in [5, 5.41) is 9.63. The van der Waals surface area contributed by atoms with Crippen LogP contribution >= 0.6 is 0 Å². The highest BCUT2D eigenvalue weighted by Crippen LogP contribution is 2.34. The van der Waals surface area contributed by atoms with Gasteiger partial charge in [0.2, 0.25) is 0 Å². The molecule has 0 atom stereocenters. The zero-order valence-corrected chi connectivity index (χ0v) is 8.41. The van der Waals surface area contributed by atoms with E-state index in [1.165, 1.54) is 18.2 Å². The number of ketones is 1. The molecule has 1 aliphatic heterocycles. The van der Waals surface area contributed by atoms with Gasteiger partial charge in [0.15, 0.2) is 0 Å². The highest BCUT2D eigenvalue weighted by molar-refractivity contribution is 6.05. The van der Waals surface area contributed by atoms with Gasteiger partial charge in [0.1, 0.15) is 18.1 Å². The smallest absolute Gasteiger partial charge is 0.454 e. The zero-order valence-electron chi connectivity index (χ0n) is 8.41. The number of alkyl halides is 3. The summed E-state index contributed by atoms with van der Waals surface area (Å²) in [5.74, 6) is -2.50. The molecule has 17 heavy (non-hydrogen) atoms. The summed E-state index contributed by atoms with van der Waals surface area (Å²) in [5.41, 5.74) is -0.678. The molecule has 90 valence electrons. The molecular weight excluding hydrogens is 237 g/mol. The Kier molecular flexibility index (Phi) is 2.57. The number of hydrogen-bond acceptors (Lipinski definition) is 3. The number of ether oxygens (including phenoxy) is 1. The van der Waals surface area contributed by atoms with Crippen LogP contribution in [0.1, 0.15) is 5.56 Å². The van der Waals surface area contributed by atoms with Crippen molar-refractivity contribution in [3.8, 4) is 5.75 Å². The van der Waals surface area contributed by atoms with Crippen LogP contribution in [0, 0.1) is 0 Å². The Bertz CT molecular complexity index is 503. The highest BCUT2D eigenvalue weighted by atomic mass is 19.4. The third kappa shape index (κ3) is 1.98. The van der Waals surface area contributed by atoms with E-state index in [1.54, 1.807) is 6.07 Å². The predicted octanol–water partition coefficient (Wildman–Crippen LogP) is 2.48. The van der Waals surface area contributed by atoms with E-state index in [4.69, 9.17) is 4.74 Å². The van der Waals surface area contributed by atoms with Gasteiger partial charge < -0.3 is 9.84 Å². The van der Waals surface area contributed by atoms with Gasteiger partial charge in [-0.05, 0) is 12.1 Å². The average Bonchev–Trinajstić information content (AvgIpc) is 2.28. The monoisotopic (exact) mass is 244 g/mol. The van der Waals surface area contributed by atoms with Gasteiger partial charge in [-0.15, -0.1) is 0 Å². The molecule has 0 radical (unpaired) electrons. The first-order valence-electron chi connectivity index (χ1n) is 4.67. The minimum Gasteiger partial charge on any atom is -0.507 e. The third-order valence-corrected chi connectivity index (χ3v) is 2.33. The van der Waals surface area contributed by atoms with Crippen LogP contribution in [0.25, 0.3) is 5.76 Å². The van der Waals surface area contributed by atoms with Crippen LogP contribution in [0.2, 0.25) is 0 Å². The Morgan fingerprint density at radius 3 is 2.59 bits per heavy atom. The number of carbonyl (C=O) groups is 1. The van der Waals surface area contributed by atoms with Crippen LogP contribution in [0.15, 0.2) is 29.8 Å². The number of aliphatic hydroxyl groups excluding tert-OH is 1. The summed E-state index contributed by atoms with van der Waals surface area (Å²) in [6.07, 6.45) is -5.01. The largest absolute Gasteiger partial charge is 0.507 e. The van der Waals surface area contributed by atoms with Crippen molar-refractivity contribution in [3.05, 3.63) is 35.4 Å². The predicted molar refractivity (Wildman–Crippen MR) is 52.5 cm³/mol.